The first-order valence-electron chi connectivity index (χ1n) is 7.52. The molecule has 0 fully saturated rings. The van der Waals surface area contributed by atoms with Crippen LogP contribution in [-0.2, 0) is 0 Å². The van der Waals surface area contributed by atoms with Gasteiger partial charge in [-0.05, 0) is 37.3 Å². The number of anilines is 1. The molecule has 0 aliphatic rings. The normalized spacial score (nSPS) is 9.76. The molecule has 1 aromatic heterocycles. The first-order chi connectivity index (χ1) is 12.1. The quantitative estimate of drug-likeness (QED) is 0.670. The summed E-state index contributed by atoms with van der Waals surface area (Å²) in [7, 11) is 0. The fourth-order valence-corrected chi connectivity index (χ4v) is 2.41. The molecule has 5 heteroatoms. The smallest absolute Gasteiger partial charge is 0.220 e. The average molecular weight is 326 g/mol. The zero-order valence-electron chi connectivity index (χ0n) is 13.5. The molecule has 120 valence electrons. The van der Waals surface area contributed by atoms with Crippen molar-refractivity contribution >= 4 is 5.95 Å². The van der Waals surface area contributed by atoms with Crippen molar-refractivity contribution in [3.8, 4) is 34.9 Å². The number of nitriles is 1. The highest BCUT2D eigenvalue weighted by Gasteiger charge is 2.11. The van der Waals surface area contributed by atoms with Gasteiger partial charge in [0.15, 0.2) is 0 Å². The van der Waals surface area contributed by atoms with E-state index in [0.717, 1.165) is 5.56 Å². The molecule has 1 heterocycles. The summed E-state index contributed by atoms with van der Waals surface area (Å²) in [5.74, 6) is 6.37. The lowest BCUT2D eigenvalue weighted by Crippen LogP contribution is -2.03. The van der Waals surface area contributed by atoms with Crippen molar-refractivity contribution in [2.24, 2.45) is 0 Å². The molecule has 3 N–H and O–H groups in total. The Morgan fingerprint density at radius 1 is 1.00 bits per heavy atom. The van der Waals surface area contributed by atoms with Gasteiger partial charge in [-0.3, -0.25) is 0 Å². The van der Waals surface area contributed by atoms with Gasteiger partial charge in [-0.1, -0.05) is 30.0 Å². The molecule has 25 heavy (non-hydrogen) atoms. The Morgan fingerprint density at radius 3 is 2.52 bits per heavy atom. The molecule has 0 amide bonds. The van der Waals surface area contributed by atoms with E-state index in [-0.39, 0.29) is 11.7 Å². The van der Waals surface area contributed by atoms with Crippen molar-refractivity contribution in [2.45, 2.75) is 6.92 Å². The maximum absolute atomic E-state index is 9.55. The van der Waals surface area contributed by atoms with Crippen LogP contribution in [0.25, 0.3) is 11.3 Å². The molecule has 0 saturated heterocycles. The molecule has 0 aliphatic heterocycles. The van der Waals surface area contributed by atoms with Gasteiger partial charge in [-0.15, -0.1) is 0 Å². The predicted molar refractivity (Wildman–Crippen MR) is 95.4 cm³/mol. The Hall–Kier alpha value is -3.83. The molecule has 3 rings (SSSR count). The third-order valence-corrected chi connectivity index (χ3v) is 3.55. The zero-order valence-corrected chi connectivity index (χ0v) is 13.5. The van der Waals surface area contributed by atoms with Crippen molar-refractivity contribution in [3.63, 3.8) is 0 Å². The number of phenolic OH excluding ortho intramolecular Hbond substituents is 1. The molecule has 5 nitrogen and oxygen atoms in total. The topological polar surface area (TPSA) is 95.8 Å². The monoisotopic (exact) mass is 326 g/mol. The number of aromatic hydroxyl groups is 1. The highest BCUT2D eigenvalue weighted by Crippen LogP contribution is 2.24. The summed E-state index contributed by atoms with van der Waals surface area (Å²) < 4.78 is 0. The van der Waals surface area contributed by atoms with Crippen LogP contribution in [-0.4, -0.2) is 15.1 Å². The molecule has 0 aliphatic carbocycles. The number of hydrogen-bond donors (Lipinski definition) is 2. The van der Waals surface area contributed by atoms with E-state index in [0.29, 0.717) is 28.1 Å². The molecule has 2 aromatic carbocycles. The van der Waals surface area contributed by atoms with Gasteiger partial charge in [0, 0.05) is 11.1 Å². The fourth-order valence-electron chi connectivity index (χ4n) is 2.41. The lowest BCUT2D eigenvalue weighted by molar-refractivity contribution is 0.475. The molecule has 0 radical (unpaired) electrons. The third kappa shape index (κ3) is 3.57. The van der Waals surface area contributed by atoms with Gasteiger partial charge in [0.1, 0.15) is 5.75 Å². The highest BCUT2D eigenvalue weighted by molar-refractivity contribution is 5.71. The number of phenols is 1. The van der Waals surface area contributed by atoms with Gasteiger partial charge >= 0.3 is 0 Å². The summed E-state index contributed by atoms with van der Waals surface area (Å²) in [6.07, 6.45) is 0. The van der Waals surface area contributed by atoms with Gasteiger partial charge < -0.3 is 10.8 Å². The molecule has 0 atom stereocenters. The number of nitrogens with zero attached hydrogens (tertiary/aromatic N) is 3. The van der Waals surface area contributed by atoms with Crippen molar-refractivity contribution in [1.29, 1.82) is 5.26 Å². The molecule has 0 unspecified atom stereocenters. The summed E-state index contributed by atoms with van der Waals surface area (Å²) in [5.41, 5.74) is 9.60. The first-order valence-corrected chi connectivity index (χ1v) is 7.52. The van der Waals surface area contributed by atoms with Crippen LogP contribution in [0, 0.1) is 30.1 Å². The highest BCUT2D eigenvalue weighted by atomic mass is 16.3. The minimum atomic E-state index is 0.151. The molecule has 3 aromatic rings. The Morgan fingerprint density at radius 2 is 1.76 bits per heavy atom. The van der Waals surface area contributed by atoms with E-state index in [4.69, 9.17) is 11.0 Å². The molecule has 0 spiro atoms. The van der Waals surface area contributed by atoms with E-state index in [1.807, 2.05) is 13.0 Å². The number of nitrogen functional groups attached to an aromatic ring is 1. The lowest BCUT2D eigenvalue weighted by atomic mass is 10.0. The first kappa shape index (κ1) is 16.0. The summed E-state index contributed by atoms with van der Waals surface area (Å²) in [4.78, 5) is 8.50. The van der Waals surface area contributed by atoms with Crippen molar-refractivity contribution < 1.29 is 5.11 Å². The number of aryl methyl sites for hydroxylation is 1. The van der Waals surface area contributed by atoms with E-state index in [1.165, 1.54) is 0 Å². The van der Waals surface area contributed by atoms with E-state index in [1.54, 1.807) is 42.5 Å². The summed E-state index contributed by atoms with van der Waals surface area (Å²) in [5, 5.41) is 18.7. The van der Waals surface area contributed by atoms with Gasteiger partial charge in [0.25, 0.3) is 0 Å². The van der Waals surface area contributed by atoms with E-state index in [2.05, 4.69) is 27.9 Å². The third-order valence-electron chi connectivity index (χ3n) is 3.55. The second kappa shape index (κ2) is 6.74. The van der Waals surface area contributed by atoms with Crippen molar-refractivity contribution in [3.05, 3.63) is 70.9 Å². The molecule has 0 bridgehead atoms. The predicted octanol–water partition coefficient (Wildman–Crippen LogP) is 3.01. The number of hydrogen-bond acceptors (Lipinski definition) is 5. The maximum Gasteiger partial charge on any atom is 0.220 e. The molecule has 0 saturated carbocycles. The number of nitrogens with two attached hydrogens (primary N) is 1. The minimum absolute atomic E-state index is 0.151. The zero-order chi connectivity index (χ0) is 17.8. The Kier molecular flexibility index (Phi) is 4.32. The van der Waals surface area contributed by atoms with Gasteiger partial charge in [0.05, 0.1) is 28.6 Å². The standard InChI is InChI=1S/C20H14N4O/c1-13-18(9-8-14-4-3-7-17(25)11-14)19(24-20(22)23-13)16-6-2-5-15(10-16)12-21/h2-7,10-11,25H,1H3,(H2,22,23,24). The van der Waals surface area contributed by atoms with E-state index < -0.39 is 0 Å². The number of rotatable bonds is 1. The summed E-state index contributed by atoms with van der Waals surface area (Å²) in [6.45, 7) is 1.81. The van der Waals surface area contributed by atoms with E-state index in [9.17, 15) is 5.11 Å². The maximum atomic E-state index is 9.55. The van der Waals surface area contributed by atoms with Crippen molar-refractivity contribution in [1.82, 2.24) is 9.97 Å². The SMILES string of the molecule is Cc1nc(N)nc(-c2cccc(C#N)c2)c1C#Cc1cccc(O)c1. The molecular formula is C20H14N4O. The summed E-state index contributed by atoms with van der Waals surface area (Å²) >= 11 is 0. The van der Waals surface area contributed by atoms with Crippen LogP contribution < -0.4 is 5.73 Å². The second-order valence-corrected chi connectivity index (χ2v) is 5.38. The van der Waals surface area contributed by atoms with Crippen molar-refractivity contribution in [2.75, 3.05) is 5.73 Å². The van der Waals surface area contributed by atoms with Crippen LogP contribution in [0.4, 0.5) is 5.95 Å². The summed E-state index contributed by atoms with van der Waals surface area (Å²) in [6, 6.07) is 15.9. The van der Waals surface area contributed by atoms with Gasteiger partial charge in [-0.2, -0.15) is 5.26 Å². The molecular weight excluding hydrogens is 312 g/mol. The van der Waals surface area contributed by atoms with Crippen LogP contribution in [0.15, 0.2) is 48.5 Å². The van der Waals surface area contributed by atoms with Crippen LogP contribution in [0.3, 0.4) is 0 Å². The van der Waals surface area contributed by atoms with Crippen LogP contribution in [0.1, 0.15) is 22.4 Å². The number of benzene rings is 2. The lowest BCUT2D eigenvalue weighted by Gasteiger charge is -2.08. The Bertz CT molecular complexity index is 1060. The number of aromatic nitrogens is 2. The fraction of sp³-hybridized carbons (Fsp3) is 0.0500. The Balaban J connectivity index is 2.16. The van der Waals surface area contributed by atoms with Gasteiger partial charge in [-0.25, -0.2) is 9.97 Å². The minimum Gasteiger partial charge on any atom is -0.508 e. The Labute approximate surface area is 145 Å². The van der Waals surface area contributed by atoms with Crippen LogP contribution in [0.5, 0.6) is 5.75 Å². The van der Waals surface area contributed by atoms with Crippen LogP contribution in [0.2, 0.25) is 0 Å². The van der Waals surface area contributed by atoms with Crippen LogP contribution >= 0.6 is 0 Å². The largest absolute Gasteiger partial charge is 0.508 e. The second-order valence-electron chi connectivity index (χ2n) is 5.38. The average Bonchev–Trinajstić information content (AvgIpc) is 2.60. The van der Waals surface area contributed by atoms with E-state index >= 15 is 0 Å². The van der Waals surface area contributed by atoms with Gasteiger partial charge in [0.2, 0.25) is 5.95 Å².